The first-order chi connectivity index (χ1) is 14.9. The molecule has 0 saturated heterocycles. The second-order valence-electron chi connectivity index (χ2n) is 6.58. The number of benzene rings is 3. The molecule has 2 amide bonds. The molecule has 1 aliphatic heterocycles. The zero-order chi connectivity index (χ0) is 22.0. The summed E-state index contributed by atoms with van der Waals surface area (Å²) in [6.45, 7) is 0. The molecule has 1 heterocycles. The van der Waals surface area contributed by atoms with Crippen LogP contribution in [0.25, 0.3) is 6.08 Å². The molecule has 3 aromatic carbocycles. The third-order valence-corrected chi connectivity index (χ3v) is 4.67. The van der Waals surface area contributed by atoms with Gasteiger partial charge >= 0.3 is 0 Å². The smallest absolute Gasteiger partial charge is 0.269 e. The van der Waals surface area contributed by atoms with Gasteiger partial charge in [0.25, 0.3) is 11.6 Å². The van der Waals surface area contributed by atoms with Crippen molar-refractivity contribution in [3.63, 3.8) is 0 Å². The molecule has 0 atom stereocenters. The lowest BCUT2D eigenvalue weighted by Crippen LogP contribution is -2.12. The van der Waals surface area contributed by atoms with Crippen LogP contribution in [-0.2, 0) is 4.79 Å². The molecule has 0 saturated carbocycles. The van der Waals surface area contributed by atoms with Crippen molar-refractivity contribution in [3.8, 4) is 11.5 Å². The van der Waals surface area contributed by atoms with Gasteiger partial charge in [-0.05, 0) is 60.2 Å². The number of ether oxygens (including phenoxy) is 1. The number of anilines is 2. The lowest BCUT2D eigenvalue weighted by molar-refractivity contribution is -0.384. The minimum atomic E-state index is -0.495. The van der Waals surface area contributed by atoms with Crippen molar-refractivity contribution in [1.29, 1.82) is 0 Å². The number of rotatable bonds is 4. The van der Waals surface area contributed by atoms with Crippen LogP contribution in [0.1, 0.15) is 15.9 Å². The first-order valence-corrected chi connectivity index (χ1v) is 9.43. The first-order valence-electron chi connectivity index (χ1n) is 9.05. The Kier molecular flexibility index (Phi) is 5.38. The van der Waals surface area contributed by atoms with E-state index in [0.717, 1.165) is 0 Å². The molecule has 1 aliphatic rings. The number of carbonyl (C=O) groups is 2. The van der Waals surface area contributed by atoms with E-state index in [4.69, 9.17) is 16.3 Å². The maximum Gasteiger partial charge on any atom is 0.269 e. The van der Waals surface area contributed by atoms with Crippen molar-refractivity contribution in [2.45, 2.75) is 0 Å². The van der Waals surface area contributed by atoms with E-state index < -0.39 is 16.7 Å². The molecule has 9 heteroatoms. The molecule has 0 aromatic heterocycles. The van der Waals surface area contributed by atoms with Crippen molar-refractivity contribution < 1.29 is 19.2 Å². The normalized spacial score (nSPS) is 12.2. The fourth-order valence-corrected chi connectivity index (χ4v) is 3.11. The summed E-state index contributed by atoms with van der Waals surface area (Å²) in [7, 11) is 0. The van der Waals surface area contributed by atoms with Crippen LogP contribution in [0.3, 0.4) is 0 Å². The number of non-ortho nitro benzene ring substituents is 1. The van der Waals surface area contributed by atoms with Crippen LogP contribution < -0.4 is 15.4 Å². The Morgan fingerprint density at radius 1 is 1.06 bits per heavy atom. The van der Waals surface area contributed by atoms with E-state index in [2.05, 4.69) is 10.6 Å². The summed E-state index contributed by atoms with van der Waals surface area (Å²) in [4.78, 5) is 35.0. The third kappa shape index (κ3) is 4.54. The van der Waals surface area contributed by atoms with Gasteiger partial charge in [0.15, 0.2) is 5.75 Å². The Labute approximate surface area is 181 Å². The van der Waals surface area contributed by atoms with E-state index in [1.54, 1.807) is 30.3 Å². The van der Waals surface area contributed by atoms with Gasteiger partial charge in [0.1, 0.15) is 5.75 Å². The van der Waals surface area contributed by atoms with Crippen LogP contribution in [-0.4, -0.2) is 16.7 Å². The highest BCUT2D eigenvalue weighted by Crippen LogP contribution is 2.37. The minimum Gasteiger partial charge on any atom is -0.454 e. The van der Waals surface area contributed by atoms with Crippen molar-refractivity contribution in [1.82, 2.24) is 0 Å². The largest absolute Gasteiger partial charge is 0.454 e. The Bertz CT molecular complexity index is 1240. The average Bonchev–Trinajstić information content (AvgIpc) is 2.88. The molecule has 0 unspecified atom stereocenters. The highest BCUT2D eigenvalue weighted by molar-refractivity contribution is 6.31. The van der Waals surface area contributed by atoms with Gasteiger partial charge in [-0.1, -0.05) is 11.6 Å². The minimum absolute atomic E-state index is 0.0310. The van der Waals surface area contributed by atoms with E-state index in [-0.39, 0.29) is 11.3 Å². The number of nitro benzene ring substituents is 1. The summed E-state index contributed by atoms with van der Waals surface area (Å²) in [5, 5.41) is 16.6. The van der Waals surface area contributed by atoms with Gasteiger partial charge in [0.2, 0.25) is 5.91 Å². The van der Waals surface area contributed by atoms with Gasteiger partial charge in [-0.3, -0.25) is 19.7 Å². The molecular weight excluding hydrogens is 422 g/mol. The molecule has 3 aromatic rings. The Balaban J connectivity index is 1.48. The number of hydrogen-bond acceptors (Lipinski definition) is 5. The predicted molar refractivity (Wildman–Crippen MR) is 117 cm³/mol. The molecule has 31 heavy (non-hydrogen) atoms. The fourth-order valence-electron chi connectivity index (χ4n) is 2.93. The van der Waals surface area contributed by atoms with E-state index >= 15 is 0 Å². The second kappa shape index (κ2) is 8.29. The van der Waals surface area contributed by atoms with Gasteiger partial charge in [-0.2, -0.15) is 0 Å². The second-order valence-corrected chi connectivity index (χ2v) is 7.02. The van der Waals surface area contributed by atoms with E-state index in [1.165, 1.54) is 42.5 Å². The van der Waals surface area contributed by atoms with Crippen LogP contribution in [0.5, 0.6) is 11.5 Å². The Morgan fingerprint density at radius 3 is 2.55 bits per heavy atom. The topological polar surface area (TPSA) is 111 Å². The van der Waals surface area contributed by atoms with E-state index in [1.807, 2.05) is 0 Å². The van der Waals surface area contributed by atoms with Crippen LogP contribution in [0.15, 0.2) is 66.7 Å². The van der Waals surface area contributed by atoms with Gasteiger partial charge in [0, 0.05) is 28.9 Å². The van der Waals surface area contributed by atoms with Crippen LogP contribution in [0, 0.1) is 10.1 Å². The third-order valence-electron chi connectivity index (χ3n) is 4.43. The lowest BCUT2D eigenvalue weighted by Gasteiger charge is -2.09. The molecule has 4 rings (SSSR count). The maximum atomic E-state index is 12.6. The summed E-state index contributed by atoms with van der Waals surface area (Å²) in [5.74, 6) is -0.0193. The van der Waals surface area contributed by atoms with Gasteiger partial charge < -0.3 is 15.4 Å². The van der Waals surface area contributed by atoms with Gasteiger partial charge in [-0.15, -0.1) is 0 Å². The molecule has 0 bridgehead atoms. The number of nitro groups is 1. The van der Waals surface area contributed by atoms with Gasteiger partial charge in [-0.25, -0.2) is 0 Å². The highest BCUT2D eigenvalue weighted by atomic mass is 35.5. The van der Waals surface area contributed by atoms with Crippen LogP contribution >= 0.6 is 11.6 Å². The number of amides is 2. The molecular formula is C22H14ClN3O5. The standard InChI is InChI=1S/C22H14ClN3O5/c23-14-4-8-20-18(11-14)25-22(28)17-12-15(5-9-19(17)31-20)24-21(27)10-3-13-1-6-16(7-2-13)26(29)30/h1-12H,(H,24,27)(H,25,28)/b10-3+. The molecule has 0 spiro atoms. The number of hydrogen-bond donors (Lipinski definition) is 2. The maximum absolute atomic E-state index is 12.6. The van der Waals surface area contributed by atoms with Crippen molar-refractivity contribution in [2.24, 2.45) is 0 Å². The number of nitrogens with zero attached hydrogens (tertiary/aromatic N) is 1. The number of halogens is 1. The van der Waals surface area contributed by atoms with E-state index in [9.17, 15) is 19.7 Å². The molecule has 0 radical (unpaired) electrons. The summed E-state index contributed by atoms with van der Waals surface area (Å²) in [6.07, 6.45) is 2.82. The van der Waals surface area contributed by atoms with Crippen LogP contribution in [0.4, 0.5) is 17.1 Å². The molecule has 0 aliphatic carbocycles. The van der Waals surface area contributed by atoms with Crippen molar-refractivity contribution >= 4 is 46.6 Å². The Hall–Kier alpha value is -4.17. The fraction of sp³-hybridized carbons (Fsp3) is 0. The monoisotopic (exact) mass is 435 g/mol. The van der Waals surface area contributed by atoms with Crippen molar-refractivity contribution in [2.75, 3.05) is 10.6 Å². The average molecular weight is 436 g/mol. The zero-order valence-electron chi connectivity index (χ0n) is 15.8. The first kappa shape index (κ1) is 20.1. The summed E-state index contributed by atoms with van der Waals surface area (Å²) in [6, 6.07) is 15.4. The lowest BCUT2D eigenvalue weighted by atomic mass is 10.1. The van der Waals surface area contributed by atoms with Crippen molar-refractivity contribution in [3.05, 3.63) is 93.0 Å². The number of fused-ring (bicyclic) bond motifs is 2. The molecule has 8 nitrogen and oxygen atoms in total. The summed E-state index contributed by atoms with van der Waals surface area (Å²) in [5.41, 5.74) is 1.71. The molecule has 0 fully saturated rings. The quantitative estimate of drug-likeness (QED) is 0.330. The molecule has 154 valence electrons. The SMILES string of the molecule is O=C(/C=C/c1ccc([N+](=O)[O-])cc1)Nc1ccc2c(c1)C(=O)Nc1cc(Cl)ccc1O2. The predicted octanol–water partition coefficient (Wildman–Crippen LogP) is 5.26. The van der Waals surface area contributed by atoms with E-state index in [0.29, 0.717) is 33.5 Å². The number of carbonyl (C=O) groups excluding carboxylic acids is 2. The Morgan fingerprint density at radius 2 is 1.81 bits per heavy atom. The zero-order valence-corrected chi connectivity index (χ0v) is 16.6. The number of nitrogens with one attached hydrogen (secondary N) is 2. The highest BCUT2D eigenvalue weighted by Gasteiger charge is 2.21. The van der Waals surface area contributed by atoms with Crippen LogP contribution in [0.2, 0.25) is 5.02 Å². The molecule has 2 N–H and O–H groups in total. The summed E-state index contributed by atoms with van der Waals surface area (Å²) >= 11 is 5.98. The summed E-state index contributed by atoms with van der Waals surface area (Å²) < 4.78 is 5.80. The van der Waals surface area contributed by atoms with Gasteiger partial charge in [0.05, 0.1) is 16.2 Å².